The molecule has 1 heterocycles. The molecule has 2 rings (SSSR count). The molecule has 4 N–H and O–H groups in total. The summed E-state index contributed by atoms with van der Waals surface area (Å²) in [6.07, 6.45) is 0.714. The fourth-order valence-corrected chi connectivity index (χ4v) is 2.07. The van der Waals surface area contributed by atoms with Crippen LogP contribution in [0.15, 0.2) is 24.3 Å². The van der Waals surface area contributed by atoms with Crippen LogP contribution in [0.5, 0.6) is 5.75 Å². The van der Waals surface area contributed by atoms with Crippen LogP contribution in [0.25, 0.3) is 0 Å². The third kappa shape index (κ3) is 3.75. The van der Waals surface area contributed by atoms with Crippen molar-refractivity contribution >= 4 is 11.6 Å². The summed E-state index contributed by atoms with van der Waals surface area (Å²) < 4.78 is 1.61. The van der Waals surface area contributed by atoms with Crippen LogP contribution in [-0.2, 0) is 17.8 Å². The van der Waals surface area contributed by atoms with E-state index in [1.165, 1.54) is 0 Å². The number of carbonyl (C=O) groups excluding carboxylic acids is 1. The van der Waals surface area contributed by atoms with Gasteiger partial charge in [0.2, 0.25) is 5.91 Å². The summed E-state index contributed by atoms with van der Waals surface area (Å²) >= 11 is 0. The van der Waals surface area contributed by atoms with Gasteiger partial charge in [-0.1, -0.05) is 12.1 Å². The number of amides is 1. The number of aromatic nitrogens is 2. The molecule has 0 unspecified atom stereocenters. The number of phenolic OH excluding ortho intramolecular Hbond substituents is 1. The molecule has 112 valence electrons. The van der Waals surface area contributed by atoms with Gasteiger partial charge in [-0.15, -0.1) is 0 Å². The first-order valence-corrected chi connectivity index (χ1v) is 6.81. The fraction of sp³-hybridized carbons (Fsp3) is 0.333. The maximum Gasteiger partial charge on any atom is 0.241 e. The number of carbonyl (C=O) groups is 1. The predicted octanol–water partition coefficient (Wildman–Crippen LogP) is 1.15. The van der Waals surface area contributed by atoms with Crippen LogP contribution >= 0.6 is 0 Å². The molecule has 0 aliphatic rings. The minimum atomic E-state index is -0.0978. The third-order valence-electron chi connectivity index (χ3n) is 3.40. The summed E-state index contributed by atoms with van der Waals surface area (Å²) in [6, 6.07) is 6.94. The number of aryl methyl sites for hydroxylation is 1. The van der Waals surface area contributed by atoms with Crippen molar-refractivity contribution in [3.8, 4) is 5.75 Å². The topological polar surface area (TPSA) is 93.2 Å². The van der Waals surface area contributed by atoms with Crippen LogP contribution in [0.4, 0.5) is 5.69 Å². The molecule has 1 aromatic carbocycles. The average molecular weight is 288 g/mol. The van der Waals surface area contributed by atoms with Gasteiger partial charge in [0.05, 0.1) is 17.1 Å². The minimum Gasteiger partial charge on any atom is -0.508 e. The van der Waals surface area contributed by atoms with E-state index >= 15 is 0 Å². The normalized spacial score (nSPS) is 10.6. The Hall–Kier alpha value is -2.50. The largest absolute Gasteiger partial charge is 0.508 e. The molecular formula is C15H20N4O2. The zero-order chi connectivity index (χ0) is 15.4. The maximum atomic E-state index is 11.9. The zero-order valence-electron chi connectivity index (χ0n) is 12.3. The number of hydrogen-bond donors (Lipinski definition) is 3. The number of aromatic hydroxyl groups is 1. The van der Waals surface area contributed by atoms with Crippen molar-refractivity contribution in [3.63, 3.8) is 0 Å². The van der Waals surface area contributed by atoms with Crippen LogP contribution in [-0.4, -0.2) is 27.3 Å². The molecule has 0 aliphatic carbocycles. The van der Waals surface area contributed by atoms with Crippen molar-refractivity contribution in [2.45, 2.75) is 26.8 Å². The summed E-state index contributed by atoms with van der Waals surface area (Å²) in [7, 11) is 0. The standard InChI is InChI=1S/C15H20N4O2/c1-10-15(16)11(2)19(18-10)9-14(21)17-8-7-12-3-5-13(20)6-4-12/h3-6,20H,7-9,16H2,1-2H3,(H,17,21). The lowest BCUT2D eigenvalue weighted by atomic mass is 10.1. The Morgan fingerprint density at radius 3 is 2.57 bits per heavy atom. The molecule has 0 bridgehead atoms. The Balaban J connectivity index is 1.82. The molecule has 0 fully saturated rings. The summed E-state index contributed by atoms with van der Waals surface area (Å²) in [4.78, 5) is 11.9. The number of benzene rings is 1. The molecule has 2 aromatic rings. The van der Waals surface area contributed by atoms with Crippen LogP contribution < -0.4 is 11.1 Å². The van der Waals surface area contributed by atoms with E-state index < -0.39 is 0 Å². The Morgan fingerprint density at radius 2 is 2.00 bits per heavy atom. The molecule has 0 aliphatic heterocycles. The van der Waals surface area contributed by atoms with Gasteiger partial charge in [-0.3, -0.25) is 9.48 Å². The highest BCUT2D eigenvalue weighted by molar-refractivity contribution is 5.75. The molecule has 6 heteroatoms. The smallest absolute Gasteiger partial charge is 0.241 e. The van der Waals surface area contributed by atoms with E-state index in [0.29, 0.717) is 18.7 Å². The first-order valence-electron chi connectivity index (χ1n) is 6.81. The first kappa shape index (κ1) is 14.9. The number of rotatable bonds is 5. The number of hydrogen-bond acceptors (Lipinski definition) is 4. The second kappa shape index (κ2) is 6.30. The second-order valence-electron chi connectivity index (χ2n) is 5.01. The maximum absolute atomic E-state index is 11.9. The predicted molar refractivity (Wildman–Crippen MR) is 80.9 cm³/mol. The van der Waals surface area contributed by atoms with Gasteiger partial charge < -0.3 is 16.2 Å². The van der Waals surface area contributed by atoms with E-state index in [9.17, 15) is 9.90 Å². The Labute approximate surface area is 123 Å². The molecule has 21 heavy (non-hydrogen) atoms. The Kier molecular flexibility index (Phi) is 4.47. The van der Waals surface area contributed by atoms with Crippen LogP contribution in [0, 0.1) is 13.8 Å². The van der Waals surface area contributed by atoms with E-state index in [0.717, 1.165) is 17.0 Å². The van der Waals surface area contributed by atoms with Crippen molar-refractivity contribution in [1.82, 2.24) is 15.1 Å². The Bertz CT molecular complexity index is 632. The molecule has 0 spiro atoms. The molecule has 0 saturated heterocycles. The number of nitrogen functional groups attached to an aromatic ring is 1. The van der Waals surface area contributed by atoms with Crippen molar-refractivity contribution in [3.05, 3.63) is 41.2 Å². The van der Waals surface area contributed by atoms with E-state index in [2.05, 4.69) is 10.4 Å². The molecular weight excluding hydrogens is 268 g/mol. The number of nitrogens with one attached hydrogen (secondary N) is 1. The summed E-state index contributed by atoms with van der Waals surface area (Å²) in [5.74, 6) is 0.143. The quantitative estimate of drug-likeness (QED) is 0.769. The van der Waals surface area contributed by atoms with Gasteiger partial charge in [-0.2, -0.15) is 5.10 Å². The number of phenols is 1. The van der Waals surface area contributed by atoms with Gasteiger partial charge in [-0.05, 0) is 38.0 Å². The summed E-state index contributed by atoms with van der Waals surface area (Å²) in [6.45, 7) is 4.37. The summed E-state index contributed by atoms with van der Waals surface area (Å²) in [5.41, 5.74) is 9.07. The van der Waals surface area contributed by atoms with E-state index in [1.54, 1.807) is 16.8 Å². The SMILES string of the molecule is Cc1nn(CC(=O)NCCc2ccc(O)cc2)c(C)c1N. The third-order valence-corrected chi connectivity index (χ3v) is 3.40. The monoisotopic (exact) mass is 288 g/mol. The van der Waals surface area contributed by atoms with E-state index in [1.807, 2.05) is 26.0 Å². The van der Waals surface area contributed by atoms with Crippen LogP contribution in [0.3, 0.4) is 0 Å². The lowest BCUT2D eigenvalue weighted by Crippen LogP contribution is -2.30. The number of nitrogens with two attached hydrogens (primary N) is 1. The molecule has 6 nitrogen and oxygen atoms in total. The van der Waals surface area contributed by atoms with Crippen LogP contribution in [0.2, 0.25) is 0 Å². The minimum absolute atomic E-state index is 0.0978. The van der Waals surface area contributed by atoms with Gasteiger partial charge in [0, 0.05) is 6.54 Å². The summed E-state index contributed by atoms with van der Waals surface area (Å²) in [5, 5.41) is 16.3. The van der Waals surface area contributed by atoms with Gasteiger partial charge in [0.1, 0.15) is 12.3 Å². The van der Waals surface area contributed by atoms with Gasteiger partial charge >= 0.3 is 0 Å². The Morgan fingerprint density at radius 1 is 1.33 bits per heavy atom. The first-order chi connectivity index (χ1) is 9.97. The highest BCUT2D eigenvalue weighted by Gasteiger charge is 2.10. The van der Waals surface area contributed by atoms with E-state index in [-0.39, 0.29) is 18.2 Å². The average Bonchev–Trinajstić information content (AvgIpc) is 2.68. The molecule has 0 saturated carbocycles. The lowest BCUT2D eigenvalue weighted by Gasteiger charge is -2.07. The number of anilines is 1. The van der Waals surface area contributed by atoms with E-state index in [4.69, 9.17) is 5.73 Å². The molecule has 1 aromatic heterocycles. The highest BCUT2D eigenvalue weighted by Crippen LogP contribution is 2.14. The zero-order valence-corrected chi connectivity index (χ0v) is 12.3. The van der Waals surface area contributed by atoms with Crippen molar-refractivity contribution < 1.29 is 9.90 Å². The van der Waals surface area contributed by atoms with Crippen molar-refractivity contribution in [1.29, 1.82) is 0 Å². The van der Waals surface area contributed by atoms with Gasteiger partial charge in [-0.25, -0.2) is 0 Å². The van der Waals surface area contributed by atoms with Crippen LogP contribution in [0.1, 0.15) is 17.0 Å². The molecule has 0 radical (unpaired) electrons. The lowest BCUT2D eigenvalue weighted by molar-refractivity contribution is -0.121. The molecule has 0 atom stereocenters. The van der Waals surface area contributed by atoms with Crippen molar-refractivity contribution in [2.75, 3.05) is 12.3 Å². The van der Waals surface area contributed by atoms with Crippen molar-refractivity contribution in [2.24, 2.45) is 0 Å². The van der Waals surface area contributed by atoms with Gasteiger partial charge in [0.25, 0.3) is 0 Å². The molecule has 1 amide bonds. The highest BCUT2D eigenvalue weighted by atomic mass is 16.3. The van der Waals surface area contributed by atoms with Gasteiger partial charge in [0.15, 0.2) is 0 Å². The number of nitrogens with zero attached hydrogens (tertiary/aromatic N) is 2. The fourth-order valence-electron chi connectivity index (χ4n) is 2.07. The second-order valence-corrected chi connectivity index (χ2v) is 5.01.